The maximum absolute atomic E-state index is 13.2. The van der Waals surface area contributed by atoms with Crippen LogP contribution in [-0.4, -0.2) is 45.9 Å². The number of carbonyl (C=O) groups excluding carboxylic acids is 1. The second-order valence-electron chi connectivity index (χ2n) is 8.43. The first-order valence-electron chi connectivity index (χ1n) is 10.7. The number of nitrogens with one attached hydrogen (secondary N) is 1. The van der Waals surface area contributed by atoms with Gasteiger partial charge in [-0.05, 0) is 55.3 Å². The van der Waals surface area contributed by atoms with E-state index in [4.69, 9.17) is 4.42 Å². The quantitative estimate of drug-likeness (QED) is 0.808. The van der Waals surface area contributed by atoms with Gasteiger partial charge in [-0.25, -0.2) is 4.98 Å². The molecule has 0 aliphatic carbocycles. The van der Waals surface area contributed by atoms with Gasteiger partial charge in [-0.2, -0.15) is 0 Å². The molecule has 31 heavy (non-hydrogen) atoms. The van der Waals surface area contributed by atoms with Gasteiger partial charge in [-0.3, -0.25) is 9.69 Å². The summed E-state index contributed by atoms with van der Waals surface area (Å²) in [4.78, 5) is 21.7. The molecule has 1 aromatic heterocycles. The number of nitrogens with zero attached hydrogens (tertiary/aromatic N) is 3. The molecule has 3 aliphatic heterocycles. The van der Waals surface area contributed by atoms with Crippen LogP contribution in [0.15, 0.2) is 76.7 Å². The lowest BCUT2D eigenvalue weighted by atomic mass is 10.0. The minimum absolute atomic E-state index is 0.0717. The van der Waals surface area contributed by atoms with Crippen LogP contribution in [0.25, 0.3) is 16.7 Å². The van der Waals surface area contributed by atoms with E-state index in [2.05, 4.69) is 35.1 Å². The summed E-state index contributed by atoms with van der Waals surface area (Å²) in [6.07, 6.45) is 13.7. The molecule has 0 spiro atoms. The largest absolute Gasteiger partial charge is 0.441 e. The van der Waals surface area contributed by atoms with Crippen molar-refractivity contribution in [2.24, 2.45) is 0 Å². The van der Waals surface area contributed by atoms with E-state index >= 15 is 0 Å². The Bertz CT molecular complexity index is 1190. The number of amides is 1. The van der Waals surface area contributed by atoms with E-state index in [9.17, 15) is 4.79 Å². The number of hydrogen-bond acceptors (Lipinski definition) is 5. The number of aromatic nitrogens is 1. The predicted molar refractivity (Wildman–Crippen MR) is 122 cm³/mol. The topological polar surface area (TPSA) is 61.6 Å². The molecule has 5 rings (SSSR count). The number of carbonyl (C=O) groups is 1. The Labute approximate surface area is 181 Å². The average molecular weight is 415 g/mol. The van der Waals surface area contributed by atoms with Crippen LogP contribution in [0.3, 0.4) is 0 Å². The fourth-order valence-corrected chi connectivity index (χ4v) is 4.45. The van der Waals surface area contributed by atoms with Crippen LogP contribution in [0.5, 0.6) is 0 Å². The molecule has 0 bridgehead atoms. The van der Waals surface area contributed by atoms with Crippen molar-refractivity contribution < 1.29 is 9.21 Å². The van der Waals surface area contributed by atoms with Gasteiger partial charge in [-0.15, -0.1) is 0 Å². The fourth-order valence-electron chi connectivity index (χ4n) is 4.45. The molecular formula is C25H26N4O2. The van der Waals surface area contributed by atoms with Crippen LogP contribution < -0.4 is 5.32 Å². The highest BCUT2D eigenvalue weighted by Gasteiger charge is 2.25. The summed E-state index contributed by atoms with van der Waals surface area (Å²) < 4.78 is 5.67. The molecule has 1 amide bonds. The number of oxazole rings is 1. The van der Waals surface area contributed by atoms with Crippen molar-refractivity contribution in [1.82, 2.24) is 20.1 Å². The second-order valence-corrected chi connectivity index (χ2v) is 8.43. The molecular weight excluding hydrogens is 388 g/mol. The average Bonchev–Trinajstić information content (AvgIpc) is 3.10. The molecule has 6 nitrogen and oxygen atoms in total. The summed E-state index contributed by atoms with van der Waals surface area (Å²) >= 11 is 0. The van der Waals surface area contributed by atoms with E-state index in [1.54, 1.807) is 11.0 Å². The number of piperazine rings is 1. The molecule has 0 radical (unpaired) electrons. The maximum atomic E-state index is 13.2. The highest BCUT2D eigenvalue weighted by molar-refractivity contribution is 6.00. The van der Waals surface area contributed by atoms with Crippen LogP contribution in [0.2, 0.25) is 0 Å². The van der Waals surface area contributed by atoms with Crippen molar-refractivity contribution in [3.63, 3.8) is 0 Å². The molecule has 1 fully saturated rings. The van der Waals surface area contributed by atoms with Gasteiger partial charge in [0.05, 0.1) is 5.70 Å². The van der Waals surface area contributed by atoms with Crippen molar-refractivity contribution >= 4 is 22.6 Å². The first kappa shape index (κ1) is 19.6. The molecule has 1 saturated heterocycles. The van der Waals surface area contributed by atoms with Crippen molar-refractivity contribution in [2.45, 2.75) is 32.9 Å². The first-order valence-corrected chi connectivity index (χ1v) is 10.7. The highest BCUT2D eigenvalue weighted by Crippen LogP contribution is 2.27. The van der Waals surface area contributed by atoms with Crippen LogP contribution in [-0.2, 0) is 4.79 Å². The normalized spacial score (nSPS) is 28.2. The minimum Gasteiger partial charge on any atom is -0.441 e. The van der Waals surface area contributed by atoms with Gasteiger partial charge >= 0.3 is 0 Å². The van der Waals surface area contributed by atoms with Gasteiger partial charge in [0.25, 0.3) is 5.91 Å². The molecule has 4 heterocycles. The van der Waals surface area contributed by atoms with E-state index in [0.717, 1.165) is 46.7 Å². The Morgan fingerprint density at radius 3 is 2.68 bits per heavy atom. The summed E-state index contributed by atoms with van der Waals surface area (Å²) in [5, 5.41) is 3.55. The summed E-state index contributed by atoms with van der Waals surface area (Å²) in [5.74, 6) is 0.560. The van der Waals surface area contributed by atoms with Crippen LogP contribution in [0.1, 0.15) is 25.3 Å². The van der Waals surface area contributed by atoms with E-state index in [1.807, 2.05) is 55.6 Å². The second kappa shape index (κ2) is 7.71. The van der Waals surface area contributed by atoms with E-state index in [-0.39, 0.29) is 5.91 Å². The third kappa shape index (κ3) is 3.86. The predicted octanol–water partition coefficient (Wildman–Crippen LogP) is 3.90. The smallest absolute Gasteiger partial charge is 0.255 e. The van der Waals surface area contributed by atoms with Crippen LogP contribution >= 0.6 is 0 Å². The highest BCUT2D eigenvalue weighted by atomic mass is 16.3. The fraction of sp³-hybridized carbons (Fsp3) is 0.280. The number of hydrogen-bond donors (Lipinski definition) is 1. The SMILES string of the molecule is Cc1nc2ccc(C3=C\C(=O)N4C=C(N5C[C@@H](C)N[C@@H](C)C5)C=C\C4=C/C=C/3)cc2o1. The first-order chi connectivity index (χ1) is 15.0. The van der Waals surface area contributed by atoms with Crippen molar-refractivity contribution in [1.29, 1.82) is 0 Å². The molecule has 1 aromatic carbocycles. The van der Waals surface area contributed by atoms with Gasteiger partial charge < -0.3 is 14.6 Å². The standard InChI is InChI=1S/C25H26N4O2/c1-16-13-28(14-17(2)26-16)22-9-8-21-6-4-5-19(12-25(30)29(21)15-22)20-7-10-23-24(11-20)31-18(3)27-23/h4-12,15-17,26H,13-14H2,1-3H3/b5-4+,19-12+,21-6+/t16-,17+. The lowest BCUT2D eigenvalue weighted by Crippen LogP contribution is -2.53. The van der Waals surface area contributed by atoms with Crippen molar-refractivity contribution in [3.05, 3.63) is 83.7 Å². The number of allylic oxidation sites excluding steroid dienone is 6. The molecule has 0 unspecified atom stereocenters. The molecule has 0 saturated carbocycles. The van der Waals surface area contributed by atoms with E-state index < -0.39 is 0 Å². The van der Waals surface area contributed by atoms with Crippen molar-refractivity contribution in [2.75, 3.05) is 13.1 Å². The van der Waals surface area contributed by atoms with Crippen LogP contribution in [0.4, 0.5) is 0 Å². The Morgan fingerprint density at radius 1 is 1.10 bits per heavy atom. The molecule has 1 N–H and O–H groups in total. The number of aryl methyl sites for hydroxylation is 1. The third-order valence-corrected chi connectivity index (χ3v) is 5.77. The molecule has 2 aromatic rings. The zero-order valence-corrected chi connectivity index (χ0v) is 18.0. The lowest BCUT2D eigenvalue weighted by molar-refractivity contribution is -0.122. The maximum Gasteiger partial charge on any atom is 0.255 e. The van der Waals surface area contributed by atoms with Gasteiger partial charge in [0.1, 0.15) is 5.52 Å². The number of rotatable bonds is 2. The number of fused-ring (bicyclic) bond motifs is 2. The number of benzene rings is 1. The molecule has 2 atom stereocenters. The summed E-state index contributed by atoms with van der Waals surface area (Å²) in [6.45, 7) is 8.04. The van der Waals surface area contributed by atoms with E-state index in [0.29, 0.717) is 18.0 Å². The molecule has 6 heteroatoms. The monoisotopic (exact) mass is 414 g/mol. The van der Waals surface area contributed by atoms with Crippen LogP contribution in [0, 0.1) is 6.92 Å². The third-order valence-electron chi connectivity index (χ3n) is 5.77. The summed E-state index contributed by atoms with van der Waals surface area (Å²) in [5.41, 5.74) is 5.22. The van der Waals surface area contributed by atoms with Gasteiger partial charge in [-0.1, -0.05) is 18.2 Å². The van der Waals surface area contributed by atoms with Gasteiger partial charge in [0.15, 0.2) is 11.5 Å². The van der Waals surface area contributed by atoms with Gasteiger partial charge in [0, 0.05) is 50.1 Å². The Hall–Kier alpha value is -3.38. The molecule has 158 valence electrons. The zero-order valence-electron chi connectivity index (χ0n) is 18.0. The molecule has 3 aliphatic rings. The lowest BCUT2D eigenvalue weighted by Gasteiger charge is -2.39. The summed E-state index contributed by atoms with van der Waals surface area (Å²) in [6, 6.07) is 6.64. The Morgan fingerprint density at radius 2 is 1.87 bits per heavy atom. The Balaban J connectivity index is 1.47. The Kier molecular flexibility index (Phi) is 4.87. The minimum atomic E-state index is -0.0717. The van der Waals surface area contributed by atoms with Gasteiger partial charge in [0.2, 0.25) is 0 Å². The van der Waals surface area contributed by atoms with Crippen molar-refractivity contribution in [3.8, 4) is 0 Å². The zero-order chi connectivity index (χ0) is 21.5. The van der Waals surface area contributed by atoms with E-state index in [1.165, 1.54) is 0 Å². The summed E-state index contributed by atoms with van der Waals surface area (Å²) in [7, 11) is 0.